The number of aromatic nitrogens is 1. The van der Waals surface area contributed by atoms with Crippen molar-refractivity contribution in [3.05, 3.63) is 27.3 Å². The van der Waals surface area contributed by atoms with Crippen molar-refractivity contribution < 1.29 is 23.2 Å². The van der Waals surface area contributed by atoms with E-state index in [1.54, 1.807) is 0 Å². The molecule has 0 atom stereocenters. The van der Waals surface area contributed by atoms with Crippen LogP contribution < -0.4 is 5.73 Å². The molecule has 0 saturated carbocycles. The predicted molar refractivity (Wildman–Crippen MR) is 51.6 cm³/mol. The summed E-state index contributed by atoms with van der Waals surface area (Å²) in [6, 6.07) is 0.608. The summed E-state index contributed by atoms with van der Waals surface area (Å²) in [6.07, 6.45) is -2.99. The first kappa shape index (κ1) is 12.7. The number of nitrogens with zero attached hydrogens (tertiary/aromatic N) is 2. The molecule has 0 unspecified atom stereocenters. The lowest BCUT2D eigenvalue weighted by Gasteiger charge is -2.05. The lowest BCUT2D eigenvalue weighted by atomic mass is 10.1. The molecule has 0 saturated heterocycles. The molecule has 0 fully saturated rings. The number of hydrogen-bond donors (Lipinski definition) is 1. The van der Waals surface area contributed by atoms with E-state index in [-0.39, 0.29) is 0 Å². The van der Waals surface area contributed by atoms with E-state index < -0.39 is 40.1 Å². The van der Waals surface area contributed by atoms with Crippen molar-refractivity contribution >= 4 is 17.6 Å². The summed E-state index contributed by atoms with van der Waals surface area (Å²) in [5, 5.41) is 10.6. The third-order valence-corrected chi connectivity index (χ3v) is 1.88. The number of pyridine rings is 1. The number of nitrogen functional groups attached to an aromatic ring is 1. The number of rotatable bonds is 3. The van der Waals surface area contributed by atoms with E-state index in [0.717, 1.165) is 7.11 Å². The zero-order chi connectivity index (χ0) is 13.2. The molecule has 1 aromatic rings. The van der Waals surface area contributed by atoms with E-state index in [0.29, 0.717) is 6.07 Å². The van der Waals surface area contributed by atoms with Gasteiger partial charge < -0.3 is 20.6 Å². The summed E-state index contributed by atoms with van der Waals surface area (Å²) in [4.78, 5) is 23.9. The van der Waals surface area contributed by atoms with Gasteiger partial charge in [0.25, 0.3) is 6.43 Å². The molecule has 0 aliphatic heterocycles. The summed E-state index contributed by atoms with van der Waals surface area (Å²) >= 11 is 0. The Kier molecular flexibility index (Phi) is 3.51. The van der Waals surface area contributed by atoms with Gasteiger partial charge in [-0.2, -0.15) is 0 Å². The standard InChI is InChI=1S/C8H7F2N3O4/c1-17-8(14)4-2-3(5(9)10)6(11)12-7(4)13(15)16/h2,5H,1H3,(H2,11,12). The second-order valence-corrected chi connectivity index (χ2v) is 2.88. The molecule has 0 aromatic carbocycles. The molecular weight excluding hydrogens is 240 g/mol. The number of methoxy groups -OCH3 is 1. The number of nitro groups is 1. The first-order chi connectivity index (χ1) is 7.88. The molecule has 0 aliphatic carbocycles. The normalized spacial score (nSPS) is 10.4. The predicted octanol–water partition coefficient (Wildman–Crippen LogP) is 1.30. The number of carbonyl (C=O) groups excluding carboxylic acids is 1. The molecule has 92 valence electrons. The van der Waals surface area contributed by atoms with Crippen LogP contribution in [0.3, 0.4) is 0 Å². The Labute approximate surface area is 93.3 Å². The third kappa shape index (κ3) is 2.44. The van der Waals surface area contributed by atoms with Gasteiger partial charge in [0.1, 0.15) is 0 Å². The van der Waals surface area contributed by atoms with Gasteiger partial charge in [0.15, 0.2) is 5.56 Å². The van der Waals surface area contributed by atoms with E-state index >= 15 is 0 Å². The highest BCUT2D eigenvalue weighted by molar-refractivity contribution is 5.93. The van der Waals surface area contributed by atoms with Gasteiger partial charge >= 0.3 is 11.8 Å². The van der Waals surface area contributed by atoms with Crippen LogP contribution in [0.2, 0.25) is 0 Å². The second-order valence-electron chi connectivity index (χ2n) is 2.88. The number of carbonyl (C=O) groups is 1. The zero-order valence-corrected chi connectivity index (χ0v) is 8.52. The molecule has 2 N–H and O–H groups in total. The van der Waals surface area contributed by atoms with Crippen molar-refractivity contribution in [1.82, 2.24) is 4.98 Å². The average molecular weight is 247 g/mol. The van der Waals surface area contributed by atoms with Crippen LogP contribution >= 0.6 is 0 Å². The molecule has 1 heterocycles. The highest BCUT2D eigenvalue weighted by atomic mass is 19.3. The molecule has 17 heavy (non-hydrogen) atoms. The van der Waals surface area contributed by atoms with Gasteiger partial charge in [-0.1, -0.05) is 0 Å². The highest BCUT2D eigenvalue weighted by Gasteiger charge is 2.28. The number of hydrogen-bond acceptors (Lipinski definition) is 6. The van der Waals surface area contributed by atoms with E-state index in [4.69, 9.17) is 5.73 Å². The molecule has 0 radical (unpaired) electrons. The van der Waals surface area contributed by atoms with E-state index in [9.17, 15) is 23.7 Å². The molecule has 0 aliphatic rings. The topological polar surface area (TPSA) is 108 Å². The molecule has 1 rings (SSSR count). The zero-order valence-electron chi connectivity index (χ0n) is 8.52. The Bertz CT molecular complexity index is 478. The van der Waals surface area contributed by atoms with Crippen LogP contribution in [0.4, 0.5) is 20.4 Å². The summed E-state index contributed by atoms with van der Waals surface area (Å²) < 4.78 is 29.2. The maximum absolute atomic E-state index is 12.5. The summed E-state index contributed by atoms with van der Waals surface area (Å²) in [7, 11) is 0.963. The Hall–Kier alpha value is -2.32. The van der Waals surface area contributed by atoms with E-state index in [1.807, 2.05) is 0 Å². The monoisotopic (exact) mass is 247 g/mol. The van der Waals surface area contributed by atoms with Gasteiger partial charge in [-0.05, 0) is 16.0 Å². The smallest absolute Gasteiger partial charge is 0.380 e. The first-order valence-electron chi connectivity index (χ1n) is 4.19. The van der Waals surface area contributed by atoms with Gasteiger partial charge in [-0.3, -0.25) is 0 Å². The van der Waals surface area contributed by atoms with Crippen molar-refractivity contribution in [2.24, 2.45) is 0 Å². The van der Waals surface area contributed by atoms with Crippen molar-refractivity contribution in [2.75, 3.05) is 12.8 Å². The van der Waals surface area contributed by atoms with Crippen LogP contribution in [-0.4, -0.2) is 23.0 Å². The Morgan fingerprint density at radius 3 is 2.65 bits per heavy atom. The average Bonchev–Trinajstić information content (AvgIpc) is 2.26. The maximum Gasteiger partial charge on any atom is 0.380 e. The molecule has 0 bridgehead atoms. The number of ether oxygens (including phenoxy) is 1. The van der Waals surface area contributed by atoms with Crippen LogP contribution in [0.25, 0.3) is 0 Å². The number of nitrogens with two attached hydrogens (primary N) is 1. The van der Waals surface area contributed by atoms with Crippen LogP contribution in [-0.2, 0) is 4.74 Å². The Balaban J connectivity index is 3.47. The number of alkyl halides is 2. The minimum absolute atomic E-state index is 0.608. The quantitative estimate of drug-likeness (QED) is 0.489. The third-order valence-electron chi connectivity index (χ3n) is 1.88. The van der Waals surface area contributed by atoms with Gasteiger partial charge in [0.2, 0.25) is 5.82 Å². The molecule has 9 heteroatoms. The van der Waals surface area contributed by atoms with Gasteiger partial charge in [0, 0.05) is 0 Å². The number of halogens is 2. The fourth-order valence-electron chi connectivity index (χ4n) is 1.11. The van der Waals surface area contributed by atoms with Crippen LogP contribution in [0.5, 0.6) is 0 Å². The number of esters is 1. The lowest BCUT2D eigenvalue weighted by Crippen LogP contribution is -2.11. The minimum Gasteiger partial charge on any atom is -0.465 e. The van der Waals surface area contributed by atoms with Gasteiger partial charge in [0.05, 0.1) is 12.7 Å². The molecular formula is C8H7F2N3O4. The van der Waals surface area contributed by atoms with Crippen LogP contribution in [0.15, 0.2) is 6.07 Å². The lowest BCUT2D eigenvalue weighted by molar-refractivity contribution is -0.389. The Morgan fingerprint density at radius 1 is 1.65 bits per heavy atom. The summed E-state index contributed by atoms with van der Waals surface area (Å²) in [5.74, 6) is -2.75. The summed E-state index contributed by atoms with van der Waals surface area (Å²) in [5.41, 5.74) is 3.70. The van der Waals surface area contributed by atoms with Crippen LogP contribution in [0.1, 0.15) is 22.3 Å². The summed E-state index contributed by atoms with van der Waals surface area (Å²) in [6.45, 7) is 0. The highest BCUT2D eigenvalue weighted by Crippen LogP contribution is 2.29. The molecule has 1 aromatic heterocycles. The Morgan fingerprint density at radius 2 is 2.24 bits per heavy atom. The second kappa shape index (κ2) is 4.68. The number of anilines is 1. The minimum atomic E-state index is -2.99. The van der Waals surface area contributed by atoms with Crippen molar-refractivity contribution in [2.45, 2.75) is 6.43 Å². The largest absolute Gasteiger partial charge is 0.465 e. The van der Waals surface area contributed by atoms with Crippen molar-refractivity contribution in [3.8, 4) is 0 Å². The fourth-order valence-corrected chi connectivity index (χ4v) is 1.11. The van der Waals surface area contributed by atoms with Crippen molar-refractivity contribution in [3.63, 3.8) is 0 Å². The first-order valence-corrected chi connectivity index (χ1v) is 4.19. The van der Waals surface area contributed by atoms with Crippen LogP contribution in [0, 0.1) is 10.1 Å². The van der Waals surface area contributed by atoms with Gasteiger partial charge in [-0.25, -0.2) is 13.6 Å². The van der Waals surface area contributed by atoms with E-state index in [2.05, 4.69) is 9.72 Å². The maximum atomic E-state index is 12.5. The van der Waals surface area contributed by atoms with E-state index in [1.165, 1.54) is 0 Å². The molecule has 0 amide bonds. The van der Waals surface area contributed by atoms with Gasteiger partial charge in [-0.15, -0.1) is 0 Å². The fraction of sp³-hybridized carbons (Fsp3) is 0.250. The van der Waals surface area contributed by atoms with Crippen molar-refractivity contribution in [1.29, 1.82) is 0 Å². The molecule has 7 nitrogen and oxygen atoms in total. The molecule has 0 spiro atoms. The SMILES string of the molecule is COC(=O)c1cc(C(F)F)c(N)nc1[N+](=O)[O-].